The van der Waals surface area contributed by atoms with Gasteiger partial charge in [0.05, 0.1) is 36.0 Å². The summed E-state index contributed by atoms with van der Waals surface area (Å²) in [5.74, 6) is 0.671. The highest BCUT2D eigenvalue weighted by Crippen LogP contribution is 2.19. The summed E-state index contributed by atoms with van der Waals surface area (Å²) in [6.07, 6.45) is 0. The number of aromatic nitrogens is 2. The molecule has 2 heterocycles. The molecule has 0 unspecified atom stereocenters. The Morgan fingerprint density at radius 1 is 1.07 bits per heavy atom. The molecule has 0 atom stereocenters. The zero-order valence-electron chi connectivity index (χ0n) is 15.7. The first-order chi connectivity index (χ1) is 14.1. The van der Waals surface area contributed by atoms with E-state index in [1.54, 1.807) is 52.4 Å². The normalized spacial score (nSPS) is 10.8. The van der Waals surface area contributed by atoms with Crippen LogP contribution in [0.2, 0.25) is 0 Å². The van der Waals surface area contributed by atoms with Crippen molar-refractivity contribution in [3.63, 3.8) is 0 Å². The van der Waals surface area contributed by atoms with Gasteiger partial charge in [-0.1, -0.05) is 18.2 Å². The lowest BCUT2D eigenvalue weighted by Crippen LogP contribution is -2.38. The monoisotopic (exact) mass is 403 g/mol. The fourth-order valence-electron chi connectivity index (χ4n) is 3.26. The Labute approximate surface area is 170 Å². The average Bonchev–Trinajstić information content (AvgIpc) is 3.23. The van der Waals surface area contributed by atoms with Crippen LogP contribution in [0.1, 0.15) is 18.1 Å². The molecule has 29 heavy (non-hydrogen) atoms. The SMILES string of the molecule is CCOc1ccc(-n2c(=O)c3sccc3n(Cc3ccccc3C#N)c2=O)cc1. The van der Waals surface area contributed by atoms with Crippen molar-refractivity contribution in [1.29, 1.82) is 5.26 Å². The van der Waals surface area contributed by atoms with E-state index in [1.165, 1.54) is 15.9 Å². The molecule has 0 fully saturated rings. The molecule has 0 bridgehead atoms. The highest BCUT2D eigenvalue weighted by atomic mass is 32.1. The van der Waals surface area contributed by atoms with Crippen molar-refractivity contribution >= 4 is 21.6 Å². The topological polar surface area (TPSA) is 77.0 Å². The van der Waals surface area contributed by atoms with Crippen molar-refractivity contribution in [3.8, 4) is 17.5 Å². The van der Waals surface area contributed by atoms with Crippen LogP contribution in [0.5, 0.6) is 5.75 Å². The van der Waals surface area contributed by atoms with Gasteiger partial charge in [-0.25, -0.2) is 9.36 Å². The molecule has 0 saturated carbocycles. The molecule has 0 aliphatic carbocycles. The van der Waals surface area contributed by atoms with Crippen molar-refractivity contribution in [1.82, 2.24) is 9.13 Å². The highest BCUT2D eigenvalue weighted by molar-refractivity contribution is 7.17. The van der Waals surface area contributed by atoms with Crippen LogP contribution in [0.25, 0.3) is 15.9 Å². The minimum absolute atomic E-state index is 0.201. The van der Waals surface area contributed by atoms with E-state index in [-0.39, 0.29) is 12.1 Å². The van der Waals surface area contributed by atoms with Crippen LogP contribution in [-0.4, -0.2) is 15.7 Å². The summed E-state index contributed by atoms with van der Waals surface area (Å²) in [7, 11) is 0. The van der Waals surface area contributed by atoms with Crippen LogP contribution in [0.15, 0.2) is 69.6 Å². The second kappa shape index (κ2) is 7.78. The van der Waals surface area contributed by atoms with Crippen LogP contribution in [-0.2, 0) is 6.54 Å². The van der Waals surface area contributed by atoms with Crippen LogP contribution < -0.4 is 16.0 Å². The molecule has 0 saturated heterocycles. The van der Waals surface area contributed by atoms with Gasteiger partial charge in [0.2, 0.25) is 0 Å². The van der Waals surface area contributed by atoms with E-state index < -0.39 is 5.69 Å². The Kier molecular flexibility index (Phi) is 5.02. The van der Waals surface area contributed by atoms with Crippen LogP contribution >= 0.6 is 11.3 Å². The van der Waals surface area contributed by atoms with E-state index in [9.17, 15) is 14.9 Å². The molecule has 0 aliphatic rings. The van der Waals surface area contributed by atoms with E-state index in [0.717, 1.165) is 5.56 Å². The van der Waals surface area contributed by atoms with Gasteiger partial charge in [-0.05, 0) is 54.3 Å². The minimum Gasteiger partial charge on any atom is -0.494 e. The van der Waals surface area contributed by atoms with Gasteiger partial charge in [-0.3, -0.25) is 9.36 Å². The zero-order chi connectivity index (χ0) is 20.4. The quantitative estimate of drug-likeness (QED) is 0.511. The van der Waals surface area contributed by atoms with Crippen molar-refractivity contribution in [2.45, 2.75) is 13.5 Å². The number of benzene rings is 2. The van der Waals surface area contributed by atoms with Crippen LogP contribution in [0.4, 0.5) is 0 Å². The molecule has 7 heteroatoms. The number of nitrogens with zero attached hydrogens (tertiary/aromatic N) is 3. The highest BCUT2D eigenvalue weighted by Gasteiger charge is 2.16. The van der Waals surface area contributed by atoms with Crippen molar-refractivity contribution < 1.29 is 4.74 Å². The number of rotatable bonds is 5. The van der Waals surface area contributed by atoms with Crippen LogP contribution in [0.3, 0.4) is 0 Å². The minimum atomic E-state index is -0.446. The number of ether oxygens (including phenoxy) is 1. The second-order valence-electron chi connectivity index (χ2n) is 6.34. The van der Waals surface area contributed by atoms with Gasteiger partial charge in [0.15, 0.2) is 0 Å². The maximum Gasteiger partial charge on any atom is 0.336 e. The molecular formula is C22H17N3O3S. The first-order valence-corrected chi connectivity index (χ1v) is 9.96. The fourth-order valence-corrected chi connectivity index (χ4v) is 4.09. The second-order valence-corrected chi connectivity index (χ2v) is 7.26. The third-order valence-electron chi connectivity index (χ3n) is 4.63. The summed E-state index contributed by atoms with van der Waals surface area (Å²) in [6, 6.07) is 17.9. The van der Waals surface area contributed by atoms with E-state index in [2.05, 4.69) is 6.07 Å². The third kappa shape index (κ3) is 3.35. The predicted molar refractivity (Wildman–Crippen MR) is 113 cm³/mol. The van der Waals surface area contributed by atoms with Gasteiger partial charge in [-0.2, -0.15) is 5.26 Å². The number of hydrogen-bond donors (Lipinski definition) is 0. The van der Waals surface area contributed by atoms with Crippen LogP contribution in [0, 0.1) is 11.3 Å². The standard InChI is InChI=1S/C22H17N3O3S/c1-2-28-18-9-7-17(8-10-18)25-21(26)20-19(11-12-29-20)24(22(25)27)14-16-6-4-3-5-15(16)13-23/h3-12H,2,14H2,1H3. The van der Waals surface area contributed by atoms with E-state index >= 15 is 0 Å². The lowest BCUT2D eigenvalue weighted by molar-refractivity contribution is 0.340. The van der Waals surface area contributed by atoms with Gasteiger partial charge in [0.25, 0.3) is 5.56 Å². The smallest absolute Gasteiger partial charge is 0.336 e. The average molecular weight is 403 g/mol. The summed E-state index contributed by atoms with van der Waals surface area (Å²) in [4.78, 5) is 26.4. The van der Waals surface area contributed by atoms with E-state index in [0.29, 0.717) is 33.8 Å². The Hall–Kier alpha value is -3.63. The van der Waals surface area contributed by atoms with Gasteiger partial charge in [0.1, 0.15) is 10.4 Å². The number of thiophene rings is 1. The fraction of sp³-hybridized carbons (Fsp3) is 0.136. The number of hydrogen-bond acceptors (Lipinski definition) is 5. The molecule has 0 aliphatic heterocycles. The molecule has 2 aromatic heterocycles. The largest absolute Gasteiger partial charge is 0.494 e. The molecule has 0 N–H and O–H groups in total. The molecule has 4 rings (SSSR count). The zero-order valence-corrected chi connectivity index (χ0v) is 16.5. The maximum atomic E-state index is 13.3. The Bertz CT molecular complexity index is 1340. The van der Waals surface area contributed by atoms with Crippen molar-refractivity contribution in [2.75, 3.05) is 6.61 Å². The Balaban J connectivity index is 1.92. The van der Waals surface area contributed by atoms with Crippen molar-refractivity contribution in [2.24, 2.45) is 0 Å². The van der Waals surface area contributed by atoms with E-state index in [4.69, 9.17) is 4.74 Å². The lowest BCUT2D eigenvalue weighted by atomic mass is 10.1. The first kappa shape index (κ1) is 18.7. The Morgan fingerprint density at radius 3 is 2.55 bits per heavy atom. The predicted octanol–water partition coefficient (Wildman–Crippen LogP) is 3.53. The summed E-state index contributed by atoms with van der Waals surface area (Å²) in [6.45, 7) is 2.62. The lowest BCUT2D eigenvalue weighted by Gasteiger charge is -2.13. The molecule has 144 valence electrons. The number of nitriles is 1. The molecule has 6 nitrogen and oxygen atoms in total. The third-order valence-corrected chi connectivity index (χ3v) is 5.52. The summed E-state index contributed by atoms with van der Waals surface area (Å²) in [5.41, 5.74) is 1.47. The molecule has 2 aromatic carbocycles. The molecule has 0 radical (unpaired) electrons. The van der Waals surface area contributed by atoms with Crippen molar-refractivity contribution in [3.05, 3.63) is 91.9 Å². The van der Waals surface area contributed by atoms with Gasteiger partial charge < -0.3 is 4.74 Å². The molecule has 0 spiro atoms. The molecular weight excluding hydrogens is 386 g/mol. The van der Waals surface area contributed by atoms with Gasteiger partial charge in [-0.15, -0.1) is 11.3 Å². The summed E-state index contributed by atoms with van der Waals surface area (Å²) in [5, 5.41) is 11.2. The van der Waals surface area contributed by atoms with Gasteiger partial charge in [0, 0.05) is 0 Å². The first-order valence-electron chi connectivity index (χ1n) is 9.08. The maximum absolute atomic E-state index is 13.3. The summed E-state index contributed by atoms with van der Waals surface area (Å²) >= 11 is 1.29. The van der Waals surface area contributed by atoms with Gasteiger partial charge >= 0.3 is 5.69 Å². The molecule has 4 aromatic rings. The number of fused-ring (bicyclic) bond motifs is 1. The molecule has 0 amide bonds. The van der Waals surface area contributed by atoms with E-state index in [1.807, 2.05) is 19.1 Å². The Morgan fingerprint density at radius 2 is 1.83 bits per heavy atom. The summed E-state index contributed by atoms with van der Waals surface area (Å²) < 4.78 is 8.65.